The molecule has 0 aliphatic rings. The summed E-state index contributed by atoms with van der Waals surface area (Å²) < 4.78 is 5.41. The van der Waals surface area contributed by atoms with Crippen LogP contribution in [-0.4, -0.2) is 7.11 Å². The van der Waals surface area contributed by atoms with Crippen molar-refractivity contribution in [3.63, 3.8) is 0 Å². The van der Waals surface area contributed by atoms with E-state index < -0.39 is 0 Å². The summed E-state index contributed by atoms with van der Waals surface area (Å²) >= 11 is 0. The second-order valence-electron chi connectivity index (χ2n) is 4.10. The van der Waals surface area contributed by atoms with Crippen LogP contribution in [0.5, 0.6) is 5.75 Å². The number of rotatable bonds is 2. The van der Waals surface area contributed by atoms with Crippen molar-refractivity contribution in [2.45, 2.75) is 19.8 Å². The lowest BCUT2D eigenvalue weighted by Gasteiger charge is -2.13. The third-order valence-corrected chi connectivity index (χ3v) is 2.72. The number of fused-ring (bicyclic) bond motifs is 1. The fourth-order valence-electron chi connectivity index (χ4n) is 1.86. The van der Waals surface area contributed by atoms with Crippen LogP contribution in [0.4, 0.5) is 0 Å². The van der Waals surface area contributed by atoms with E-state index in [0.717, 1.165) is 5.75 Å². The van der Waals surface area contributed by atoms with E-state index in [1.165, 1.54) is 16.3 Å². The van der Waals surface area contributed by atoms with Gasteiger partial charge in [-0.25, -0.2) is 0 Å². The van der Waals surface area contributed by atoms with Crippen LogP contribution in [0.2, 0.25) is 0 Å². The zero-order valence-corrected chi connectivity index (χ0v) is 9.45. The van der Waals surface area contributed by atoms with Gasteiger partial charge in [0.15, 0.2) is 0 Å². The van der Waals surface area contributed by atoms with Crippen molar-refractivity contribution >= 4 is 10.8 Å². The van der Waals surface area contributed by atoms with Gasteiger partial charge in [-0.15, -0.1) is 0 Å². The monoisotopic (exact) mass is 200 g/mol. The Morgan fingerprint density at radius 2 is 1.60 bits per heavy atom. The molecule has 0 N–H and O–H groups in total. The molecule has 0 bridgehead atoms. The standard InChI is InChI=1S/C14H16O/c1-10(2)13-8-11-6-4-5-7-12(11)9-14(13)15-3/h4-10H,1-3H3. The lowest BCUT2D eigenvalue weighted by atomic mass is 9.98. The molecule has 78 valence electrons. The molecule has 0 saturated heterocycles. The molecule has 0 heterocycles. The second kappa shape index (κ2) is 3.93. The van der Waals surface area contributed by atoms with Gasteiger partial charge in [0, 0.05) is 0 Å². The van der Waals surface area contributed by atoms with Crippen LogP contribution in [-0.2, 0) is 0 Å². The molecule has 0 atom stereocenters. The van der Waals surface area contributed by atoms with E-state index in [1.54, 1.807) is 7.11 Å². The predicted molar refractivity (Wildman–Crippen MR) is 64.6 cm³/mol. The summed E-state index contributed by atoms with van der Waals surface area (Å²) in [4.78, 5) is 0. The average molecular weight is 200 g/mol. The first-order chi connectivity index (χ1) is 7.22. The van der Waals surface area contributed by atoms with Gasteiger partial charge in [-0.1, -0.05) is 38.1 Å². The highest BCUT2D eigenvalue weighted by atomic mass is 16.5. The Morgan fingerprint density at radius 3 is 2.13 bits per heavy atom. The maximum Gasteiger partial charge on any atom is 0.122 e. The van der Waals surface area contributed by atoms with Gasteiger partial charge in [0.1, 0.15) is 5.75 Å². The van der Waals surface area contributed by atoms with Gasteiger partial charge in [0.2, 0.25) is 0 Å². The number of hydrogen-bond acceptors (Lipinski definition) is 1. The molecule has 0 aliphatic heterocycles. The zero-order valence-electron chi connectivity index (χ0n) is 9.45. The molecule has 0 saturated carbocycles. The van der Waals surface area contributed by atoms with Crippen LogP contribution in [0.15, 0.2) is 36.4 Å². The van der Waals surface area contributed by atoms with E-state index >= 15 is 0 Å². The average Bonchev–Trinajstić information content (AvgIpc) is 2.27. The van der Waals surface area contributed by atoms with Gasteiger partial charge in [-0.2, -0.15) is 0 Å². The molecule has 0 radical (unpaired) electrons. The summed E-state index contributed by atoms with van der Waals surface area (Å²) in [6.45, 7) is 4.37. The van der Waals surface area contributed by atoms with Crippen LogP contribution in [0.1, 0.15) is 25.3 Å². The van der Waals surface area contributed by atoms with Crippen LogP contribution in [0, 0.1) is 0 Å². The lowest BCUT2D eigenvalue weighted by molar-refractivity contribution is 0.408. The Labute approximate surface area is 90.7 Å². The van der Waals surface area contributed by atoms with Gasteiger partial charge in [-0.3, -0.25) is 0 Å². The summed E-state index contributed by atoms with van der Waals surface area (Å²) in [5, 5.41) is 2.51. The fraction of sp³-hybridized carbons (Fsp3) is 0.286. The molecule has 1 heteroatoms. The smallest absolute Gasteiger partial charge is 0.122 e. The molecule has 0 aromatic heterocycles. The third kappa shape index (κ3) is 1.82. The van der Waals surface area contributed by atoms with E-state index in [1.807, 2.05) is 0 Å². The molecule has 2 rings (SSSR count). The Balaban J connectivity index is 2.69. The summed E-state index contributed by atoms with van der Waals surface area (Å²) in [5.41, 5.74) is 1.27. The maximum atomic E-state index is 5.41. The summed E-state index contributed by atoms with van der Waals surface area (Å²) in [6, 6.07) is 12.7. The highest BCUT2D eigenvalue weighted by Gasteiger charge is 2.08. The number of benzene rings is 2. The molecular weight excluding hydrogens is 184 g/mol. The zero-order chi connectivity index (χ0) is 10.8. The minimum atomic E-state index is 0.490. The van der Waals surface area contributed by atoms with Crippen molar-refractivity contribution in [1.29, 1.82) is 0 Å². The van der Waals surface area contributed by atoms with E-state index in [2.05, 4.69) is 50.2 Å². The summed E-state index contributed by atoms with van der Waals surface area (Å²) in [5.74, 6) is 1.48. The Hall–Kier alpha value is -1.50. The molecule has 15 heavy (non-hydrogen) atoms. The minimum absolute atomic E-state index is 0.490. The van der Waals surface area contributed by atoms with Gasteiger partial charge >= 0.3 is 0 Å². The highest BCUT2D eigenvalue weighted by Crippen LogP contribution is 2.30. The molecular formula is C14H16O. The van der Waals surface area contributed by atoms with Crippen molar-refractivity contribution in [2.24, 2.45) is 0 Å². The van der Waals surface area contributed by atoms with Crippen molar-refractivity contribution in [3.8, 4) is 5.75 Å². The van der Waals surface area contributed by atoms with Gasteiger partial charge < -0.3 is 4.74 Å². The number of ether oxygens (including phenoxy) is 1. The van der Waals surface area contributed by atoms with Crippen LogP contribution < -0.4 is 4.74 Å². The molecule has 1 nitrogen and oxygen atoms in total. The predicted octanol–water partition coefficient (Wildman–Crippen LogP) is 3.97. The summed E-state index contributed by atoms with van der Waals surface area (Å²) in [7, 11) is 1.73. The molecule has 2 aromatic rings. The lowest BCUT2D eigenvalue weighted by Crippen LogP contribution is -1.94. The van der Waals surface area contributed by atoms with Crippen molar-refractivity contribution in [2.75, 3.05) is 7.11 Å². The Bertz CT molecular complexity index is 472. The maximum absolute atomic E-state index is 5.41. The van der Waals surface area contributed by atoms with Crippen molar-refractivity contribution < 1.29 is 4.74 Å². The molecule has 0 spiro atoms. The third-order valence-electron chi connectivity index (χ3n) is 2.72. The van der Waals surface area contributed by atoms with Gasteiger partial charge in [0.05, 0.1) is 7.11 Å². The molecule has 0 amide bonds. The SMILES string of the molecule is COc1cc2ccccc2cc1C(C)C. The molecule has 0 fully saturated rings. The van der Waals surface area contributed by atoms with Crippen LogP contribution >= 0.6 is 0 Å². The second-order valence-corrected chi connectivity index (χ2v) is 4.10. The number of hydrogen-bond donors (Lipinski definition) is 0. The van der Waals surface area contributed by atoms with Crippen LogP contribution in [0.3, 0.4) is 0 Å². The normalized spacial score (nSPS) is 10.9. The van der Waals surface area contributed by atoms with Gasteiger partial charge in [0.25, 0.3) is 0 Å². The molecule has 0 unspecified atom stereocenters. The fourth-order valence-corrected chi connectivity index (χ4v) is 1.86. The van der Waals surface area contributed by atoms with Crippen molar-refractivity contribution in [3.05, 3.63) is 42.0 Å². The minimum Gasteiger partial charge on any atom is -0.496 e. The van der Waals surface area contributed by atoms with E-state index in [-0.39, 0.29) is 0 Å². The first-order valence-electron chi connectivity index (χ1n) is 5.29. The molecule has 2 aromatic carbocycles. The first kappa shape index (κ1) is 10.0. The highest BCUT2D eigenvalue weighted by molar-refractivity contribution is 5.85. The topological polar surface area (TPSA) is 9.23 Å². The van der Waals surface area contributed by atoms with E-state index in [4.69, 9.17) is 4.74 Å². The van der Waals surface area contributed by atoms with Gasteiger partial charge in [-0.05, 0) is 34.4 Å². The number of methoxy groups -OCH3 is 1. The Kier molecular flexibility index (Phi) is 2.63. The largest absolute Gasteiger partial charge is 0.496 e. The first-order valence-corrected chi connectivity index (χ1v) is 5.29. The van der Waals surface area contributed by atoms with Crippen molar-refractivity contribution in [1.82, 2.24) is 0 Å². The van der Waals surface area contributed by atoms with E-state index in [0.29, 0.717) is 5.92 Å². The van der Waals surface area contributed by atoms with Crippen LogP contribution in [0.25, 0.3) is 10.8 Å². The van der Waals surface area contributed by atoms with E-state index in [9.17, 15) is 0 Å². The molecule has 0 aliphatic carbocycles. The summed E-state index contributed by atoms with van der Waals surface area (Å²) in [6.07, 6.45) is 0. The Morgan fingerprint density at radius 1 is 1.00 bits per heavy atom. The quantitative estimate of drug-likeness (QED) is 0.712.